The molecule has 0 aliphatic carbocycles. The molecule has 7 nitrogen and oxygen atoms in total. The van der Waals surface area contributed by atoms with Crippen LogP contribution in [0.4, 0.5) is 4.79 Å². The fraction of sp³-hybridized carbons (Fsp3) is 0.556. The van der Waals surface area contributed by atoms with Crippen molar-refractivity contribution in [2.75, 3.05) is 32.7 Å². The lowest BCUT2D eigenvalue weighted by Gasteiger charge is -2.35. The molecule has 1 aromatic rings. The van der Waals surface area contributed by atoms with Gasteiger partial charge in [-0.05, 0) is 19.4 Å². The molecular weight excluding hydrogens is 322 g/mol. The minimum absolute atomic E-state index is 0.0937. The van der Waals surface area contributed by atoms with E-state index in [1.54, 1.807) is 0 Å². The number of carbonyl (C=O) groups is 2. The van der Waals surface area contributed by atoms with Gasteiger partial charge in [0.15, 0.2) is 0 Å². The van der Waals surface area contributed by atoms with E-state index in [1.807, 2.05) is 44.2 Å². The third-order valence-corrected chi connectivity index (χ3v) is 3.85. The summed E-state index contributed by atoms with van der Waals surface area (Å²) in [6.45, 7) is 7.22. The second-order valence-corrected chi connectivity index (χ2v) is 6.28. The number of hydrogen-bond donors (Lipinski definition) is 2. The van der Waals surface area contributed by atoms with Gasteiger partial charge in [0.1, 0.15) is 6.61 Å². The number of alkyl carbamates (subject to hydrolysis) is 1. The molecule has 7 heteroatoms. The first-order chi connectivity index (χ1) is 12.0. The van der Waals surface area contributed by atoms with Gasteiger partial charge >= 0.3 is 6.09 Å². The molecule has 0 aromatic heterocycles. The van der Waals surface area contributed by atoms with Crippen LogP contribution in [-0.4, -0.2) is 61.8 Å². The van der Waals surface area contributed by atoms with E-state index in [2.05, 4.69) is 15.5 Å². The number of hydrogen-bond acceptors (Lipinski definition) is 5. The molecule has 0 bridgehead atoms. The minimum atomic E-state index is -0.602. The Morgan fingerprint density at radius 3 is 2.52 bits per heavy atom. The molecule has 1 aromatic carbocycles. The molecule has 2 atom stereocenters. The number of benzene rings is 1. The smallest absolute Gasteiger partial charge is 0.407 e. The zero-order chi connectivity index (χ0) is 18.1. The molecule has 1 heterocycles. The number of morpholine rings is 1. The lowest BCUT2D eigenvalue weighted by Crippen LogP contribution is -2.48. The first-order valence-electron chi connectivity index (χ1n) is 8.62. The Labute approximate surface area is 148 Å². The molecule has 2 amide bonds. The number of nitrogens with one attached hydrogen (secondary N) is 2. The van der Waals surface area contributed by atoms with E-state index >= 15 is 0 Å². The highest BCUT2D eigenvalue weighted by atomic mass is 16.5. The molecular formula is C18H27N3O4. The molecule has 0 saturated carbocycles. The van der Waals surface area contributed by atoms with Crippen molar-refractivity contribution in [3.63, 3.8) is 0 Å². The Balaban J connectivity index is 1.55. The third-order valence-electron chi connectivity index (χ3n) is 3.85. The predicted molar refractivity (Wildman–Crippen MR) is 94.1 cm³/mol. The molecule has 1 aliphatic rings. The molecule has 25 heavy (non-hydrogen) atoms. The number of carbonyl (C=O) groups excluding carboxylic acids is 2. The van der Waals surface area contributed by atoms with Gasteiger partial charge < -0.3 is 20.1 Å². The first-order valence-corrected chi connectivity index (χ1v) is 8.62. The summed E-state index contributed by atoms with van der Waals surface area (Å²) in [4.78, 5) is 25.6. The standard InChI is InChI=1S/C18H27N3O4/c1-14-11-21(12-15(2)25-14)9-8-19-17(22)10-20-18(23)24-13-16-6-4-3-5-7-16/h3-7,14-15H,8-13H2,1-2H3,(H,19,22)(H,20,23)/t14-,15+. The first kappa shape index (κ1) is 19.2. The largest absolute Gasteiger partial charge is 0.445 e. The maximum atomic E-state index is 11.8. The monoisotopic (exact) mass is 349 g/mol. The van der Waals surface area contributed by atoms with Crippen molar-refractivity contribution in [3.8, 4) is 0 Å². The summed E-state index contributed by atoms with van der Waals surface area (Å²) in [6, 6.07) is 9.38. The average Bonchev–Trinajstić information content (AvgIpc) is 2.58. The Bertz CT molecular complexity index is 543. The predicted octanol–water partition coefficient (Wildman–Crippen LogP) is 1.14. The van der Waals surface area contributed by atoms with Gasteiger partial charge in [-0.25, -0.2) is 4.79 Å². The van der Waals surface area contributed by atoms with E-state index in [9.17, 15) is 9.59 Å². The molecule has 0 spiro atoms. The summed E-state index contributed by atoms with van der Waals surface area (Å²) in [5.74, 6) is -0.231. The average molecular weight is 349 g/mol. The van der Waals surface area contributed by atoms with E-state index in [0.29, 0.717) is 6.54 Å². The van der Waals surface area contributed by atoms with Crippen LogP contribution in [0.25, 0.3) is 0 Å². The minimum Gasteiger partial charge on any atom is -0.445 e. The van der Waals surface area contributed by atoms with Gasteiger partial charge in [0.2, 0.25) is 5.91 Å². The summed E-state index contributed by atoms with van der Waals surface area (Å²) < 4.78 is 10.7. The fourth-order valence-electron chi connectivity index (χ4n) is 2.81. The number of rotatable bonds is 7. The Kier molecular flexibility index (Phi) is 7.69. The van der Waals surface area contributed by atoms with Crippen molar-refractivity contribution in [2.24, 2.45) is 0 Å². The van der Waals surface area contributed by atoms with E-state index in [0.717, 1.165) is 25.2 Å². The number of amides is 2. The maximum absolute atomic E-state index is 11.8. The normalized spacial score (nSPS) is 20.7. The highest BCUT2D eigenvalue weighted by Crippen LogP contribution is 2.09. The van der Waals surface area contributed by atoms with Crippen LogP contribution in [0.2, 0.25) is 0 Å². The van der Waals surface area contributed by atoms with Gasteiger partial charge in [0.05, 0.1) is 18.8 Å². The lowest BCUT2D eigenvalue weighted by molar-refractivity contribution is -0.120. The molecule has 2 rings (SSSR count). The van der Waals surface area contributed by atoms with Crippen molar-refractivity contribution < 1.29 is 19.1 Å². The van der Waals surface area contributed by atoms with E-state index < -0.39 is 6.09 Å². The van der Waals surface area contributed by atoms with Crippen LogP contribution in [0.15, 0.2) is 30.3 Å². The Morgan fingerprint density at radius 2 is 1.84 bits per heavy atom. The molecule has 2 N–H and O–H groups in total. The van der Waals surface area contributed by atoms with Gasteiger partial charge in [-0.2, -0.15) is 0 Å². The molecule has 1 saturated heterocycles. The van der Waals surface area contributed by atoms with Crippen molar-refractivity contribution in [1.29, 1.82) is 0 Å². The zero-order valence-corrected chi connectivity index (χ0v) is 14.9. The van der Waals surface area contributed by atoms with E-state index in [4.69, 9.17) is 9.47 Å². The van der Waals surface area contributed by atoms with Gasteiger partial charge in [0.25, 0.3) is 0 Å². The second-order valence-electron chi connectivity index (χ2n) is 6.28. The van der Waals surface area contributed by atoms with E-state index in [-0.39, 0.29) is 31.3 Å². The van der Waals surface area contributed by atoms with Crippen LogP contribution in [0.5, 0.6) is 0 Å². The van der Waals surface area contributed by atoms with Gasteiger partial charge in [-0.15, -0.1) is 0 Å². The lowest BCUT2D eigenvalue weighted by atomic mass is 10.2. The fourth-order valence-corrected chi connectivity index (χ4v) is 2.81. The SMILES string of the molecule is C[C@@H]1CN(CCNC(=O)CNC(=O)OCc2ccccc2)C[C@H](C)O1. The topological polar surface area (TPSA) is 79.9 Å². The molecule has 1 fully saturated rings. The highest BCUT2D eigenvalue weighted by Gasteiger charge is 2.21. The van der Waals surface area contributed by atoms with Crippen LogP contribution in [0.1, 0.15) is 19.4 Å². The maximum Gasteiger partial charge on any atom is 0.407 e. The quantitative estimate of drug-likeness (QED) is 0.772. The number of ether oxygens (including phenoxy) is 2. The Morgan fingerprint density at radius 1 is 1.16 bits per heavy atom. The van der Waals surface area contributed by atoms with Crippen molar-refractivity contribution in [2.45, 2.75) is 32.7 Å². The third kappa shape index (κ3) is 7.53. The molecule has 1 aliphatic heterocycles. The summed E-state index contributed by atoms with van der Waals surface area (Å²) >= 11 is 0. The van der Waals surface area contributed by atoms with E-state index in [1.165, 1.54) is 0 Å². The summed E-state index contributed by atoms with van der Waals surface area (Å²) in [6.07, 6.45) is -0.184. The number of nitrogens with zero attached hydrogens (tertiary/aromatic N) is 1. The van der Waals surface area contributed by atoms with Gasteiger partial charge in [-0.1, -0.05) is 30.3 Å². The summed E-state index contributed by atoms with van der Waals surface area (Å²) in [7, 11) is 0. The Hall–Kier alpha value is -2.12. The molecule has 0 radical (unpaired) electrons. The molecule has 0 unspecified atom stereocenters. The van der Waals surface area contributed by atoms with Crippen LogP contribution < -0.4 is 10.6 Å². The summed E-state index contributed by atoms with van der Waals surface area (Å²) in [5, 5.41) is 5.25. The van der Waals surface area contributed by atoms with Crippen LogP contribution >= 0.6 is 0 Å². The highest BCUT2D eigenvalue weighted by molar-refractivity contribution is 5.82. The zero-order valence-electron chi connectivity index (χ0n) is 14.9. The van der Waals surface area contributed by atoms with Crippen LogP contribution in [0.3, 0.4) is 0 Å². The van der Waals surface area contributed by atoms with Gasteiger partial charge in [0, 0.05) is 26.2 Å². The van der Waals surface area contributed by atoms with Crippen LogP contribution in [-0.2, 0) is 20.9 Å². The van der Waals surface area contributed by atoms with Crippen molar-refractivity contribution in [1.82, 2.24) is 15.5 Å². The van der Waals surface area contributed by atoms with Crippen molar-refractivity contribution >= 4 is 12.0 Å². The summed E-state index contributed by atoms with van der Waals surface area (Å²) in [5.41, 5.74) is 0.899. The van der Waals surface area contributed by atoms with Gasteiger partial charge in [-0.3, -0.25) is 9.69 Å². The van der Waals surface area contributed by atoms with Crippen LogP contribution in [0, 0.1) is 0 Å². The molecule has 138 valence electrons. The van der Waals surface area contributed by atoms with Crippen molar-refractivity contribution in [3.05, 3.63) is 35.9 Å². The second kappa shape index (κ2) is 10.0.